The van der Waals surface area contributed by atoms with Crippen LogP contribution in [-0.4, -0.2) is 28.0 Å². The maximum Gasteiger partial charge on any atom is 0.296 e. The second kappa shape index (κ2) is 7.12. The summed E-state index contributed by atoms with van der Waals surface area (Å²) >= 11 is 1.21. The van der Waals surface area contributed by atoms with Crippen LogP contribution in [-0.2, 0) is 16.7 Å². The lowest BCUT2D eigenvalue weighted by Gasteiger charge is -2.07. The average Bonchev–Trinajstić information content (AvgIpc) is 2.96. The first-order valence-electron chi connectivity index (χ1n) is 7.67. The predicted octanol–water partition coefficient (Wildman–Crippen LogP) is 3.30. The third-order valence-electron chi connectivity index (χ3n) is 3.60. The molecule has 3 aromatic rings. The van der Waals surface area contributed by atoms with Crippen molar-refractivity contribution in [2.45, 2.75) is 25.3 Å². The molecule has 1 aromatic carbocycles. The fraction of sp³-hybridized carbons (Fsp3) is 0.176. The minimum Gasteiger partial charge on any atom is -0.391 e. The predicted molar refractivity (Wildman–Crippen MR) is 100 cm³/mol. The minimum atomic E-state index is -4.37. The van der Waals surface area contributed by atoms with Crippen molar-refractivity contribution in [3.8, 4) is 11.3 Å². The fourth-order valence-corrected chi connectivity index (χ4v) is 4.12. The number of para-hydroxylation sites is 1. The highest BCUT2D eigenvalue weighted by atomic mass is 32.2. The second-order valence-electron chi connectivity index (χ2n) is 5.68. The lowest BCUT2D eigenvalue weighted by molar-refractivity contribution is 0.286. The number of hydrogen-bond donors (Lipinski definition) is 3. The third kappa shape index (κ3) is 3.91. The largest absolute Gasteiger partial charge is 0.391 e. The van der Waals surface area contributed by atoms with E-state index >= 15 is 0 Å². The number of benzene rings is 1. The number of hydrogen-bond acceptors (Lipinski definition) is 7. The Bertz CT molecular complexity index is 1040. The van der Waals surface area contributed by atoms with Crippen LogP contribution >= 0.6 is 11.3 Å². The molecule has 0 amide bonds. The Morgan fingerprint density at radius 1 is 1.12 bits per heavy atom. The van der Waals surface area contributed by atoms with Gasteiger partial charge in [-0.25, -0.2) is 4.98 Å². The molecule has 0 spiro atoms. The Kier molecular flexibility index (Phi) is 5.05. The van der Waals surface area contributed by atoms with Crippen LogP contribution in [0.1, 0.15) is 16.3 Å². The Morgan fingerprint density at radius 3 is 2.38 bits per heavy atom. The van der Waals surface area contributed by atoms with Gasteiger partial charge in [0.25, 0.3) is 10.1 Å². The van der Waals surface area contributed by atoms with Crippen LogP contribution in [0.3, 0.4) is 0 Å². The van der Waals surface area contributed by atoms with E-state index < -0.39 is 10.1 Å². The average molecular weight is 391 g/mol. The highest BCUT2D eigenvalue weighted by Gasteiger charge is 2.18. The van der Waals surface area contributed by atoms with Gasteiger partial charge in [-0.05, 0) is 38.1 Å². The molecule has 9 heteroatoms. The Labute approximate surface area is 155 Å². The van der Waals surface area contributed by atoms with Gasteiger partial charge in [0, 0.05) is 17.0 Å². The molecule has 0 saturated carbocycles. The van der Waals surface area contributed by atoms with Crippen LogP contribution < -0.4 is 5.32 Å². The molecule has 26 heavy (non-hydrogen) atoms. The van der Waals surface area contributed by atoms with Gasteiger partial charge in [0.15, 0.2) is 5.13 Å². The van der Waals surface area contributed by atoms with E-state index in [1.54, 1.807) is 6.07 Å². The summed E-state index contributed by atoms with van der Waals surface area (Å²) in [6.07, 6.45) is 0. The SMILES string of the molecule is Cc1cc(-c2nc(Nc3ccccc3S(=O)(=O)O)sc2CO)cc(C)n1. The summed E-state index contributed by atoms with van der Waals surface area (Å²) < 4.78 is 32.4. The molecular formula is C17H17N3O4S2. The zero-order valence-corrected chi connectivity index (χ0v) is 15.7. The molecule has 2 aromatic heterocycles. The first kappa shape index (κ1) is 18.5. The highest BCUT2D eigenvalue weighted by molar-refractivity contribution is 7.86. The highest BCUT2D eigenvalue weighted by Crippen LogP contribution is 2.34. The molecule has 0 aliphatic carbocycles. The van der Waals surface area contributed by atoms with Crippen molar-refractivity contribution < 1.29 is 18.1 Å². The minimum absolute atomic E-state index is 0.199. The van der Waals surface area contributed by atoms with Gasteiger partial charge in [-0.3, -0.25) is 9.54 Å². The number of aliphatic hydroxyl groups excluding tert-OH is 1. The fourth-order valence-electron chi connectivity index (χ4n) is 2.62. The standard InChI is InChI=1S/C17H17N3O4S2/c1-10-7-12(8-11(2)18-10)16-14(9-21)25-17(20-16)19-13-5-3-4-6-15(13)26(22,23)24/h3-8,21H,9H2,1-2H3,(H,19,20)(H,22,23,24). The van der Waals surface area contributed by atoms with Crippen LogP contribution in [0.5, 0.6) is 0 Å². The molecular weight excluding hydrogens is 374 g/mol. The molecule has 0 radical (unpaired) electrons. The molecule has 3 rings (SSSR count). The maximum absolute atomic E-state index is 11.5. The lowest BCUT2D eigenvalue weighted by atomic mass is 10.1. The maximum atomic E-state index is 11.5. The van der Waals surface area contributed by atoms with E-state index in [0.29, 0.717) is 15.7 Å². The summed E-state index contributed by atoms with van der Waals surface area (Å²) in [5.41, 5.74) is 3.32. The van der Waals surface area contributed by atoms with Crippen molar-refractivity contribution in [2.24, 2.45) is 0 Å². The summed E-state index contributed by atoms with van der Waals surface area (Å²) in [5, 5.41) is 13.0. The first-order chi connectivity index (χ1) is 12.3. The Balaban J connectivity index is 2.03. The van der Waals surface area contributed by atoms with E-state index in [1.165, 1.54) is 29.5 Å². The molecule has 0 bridgehead atoms. The zero-order chi connectivity index (χ0) is 18.9. The molecule has 136 valence electrons. The second-order valence-corrected chi connectivity index (χ2v) is 8.16. The Morgan fingerprint density at radius 2 is 1.77 bits per heavy atom. The number of nitrogens with zero attached hydrogens (tertiary/aromatic N) is 2. The first-order valence-corrected chi connectivity index (χ1v) is 9.93. The van der Waals surface area contributed by atoms with E-state index in [2.05, 4.69) is 15.3 Å². The Hall–Kier alpha value is -2.33. The number of aliphatic hydroxyl groups is 1. The number of aromatic nitrogens is 2. The molecule has 0 aliphatic rings. The molecule has 0 aliphatic heterocycles. The number of nitrogens with one attached hydrogen (secondary N) is 1. The van der Waals surface area contributed by atoms with Gasteiger partial charge >= 0.3 is 0 Å². The summed E-state index contributed by atoms with van der Waals surface area (Å²) in [4.78, 5) is 9.23. The third-order valence-corrected chi connectivity index (χ3v) is 5.47. The van der Waals surface area contributed by atoms with Crippen LogP contribution in [0.4, 0.5) is 10.8 Å². The number of aryl methyl sites for hydroxylation is 2. The van der Waals surface area contributed by atoms with Gasteiger partial charge in [0.2, 0.25) is 0 Å². The zero-order valence-electron chi connectivity index (χ0n) is 14.1. The topological polar surface area (TPSA) is 112 Å². The van der Waals surface area contributed by atoms with Gasteiger partial charge < -0.3 is 10.4 Å². The number of pyridine rings is 1. The van der Waals surface area contributed by atoms with Gasteiger partial charge in [0.1, 0.15) is 4.90 Å². The summed E-state index contributed by atoms with van der Waals surface area (Å²) in [7, 11) is -4.37. The van der Waals surface area contributed by atoms with Crippen molar-refractivity contribution in [1.82, 2.24) is 9.97 Å². The smallest absolute Gasteiger partial charge is 0.296 e. The van der Waals surface area contributed by atoms with E-state index in [1.807, 2.05) is 26.0 Å². The van der Waals surface area contributed by atoms with Crippen molar-refractivity contribution in [1.29, 1.82) is 0 Å². The molecule has 0 unspecified atom stereocenters. The molecule has 2 heterocycles. The normalized spacial score (nSPS) is 11.5. The van der Waals surface area contributed by atoms with E-state index in [-0.39, 0.29) is 17.2 Å². The van der Waals surface area contributed by atoms with Crippen molar-refractivity contribution in [2.75, 3.05) is 5.32 Å². The quantitative estimate of drug-likeness (QED) is 0.572. The van der Waals surface area contributed by atoms with E-state index in [9.17, 15) is 18.1 Å². The molecule has 3 N–H and O–H groups in total. The molecule has 0 fully saturated rings. The van der Waals surface area contributed by atoms with Crippen molar-refractivity contribution in [3.63, 3.8) is 0 Å². The number of rotatable bonds is 5. The van der Waals surface area contributed by atoms with E-state index in [4.69, 9.17) is 0 Å². The van der Waals surface area contributed by atoms with Crippen molar-refractivity contribution >= 4 is 32.3 Å². The van der Waals surface area contributed by atoms with Crippen LogP contribution in [0.25, 0.3) is 11.3 Å². The van der Waals surface area contributed by atoms with Gasteiger partial charge in [0.05, 0.1) is 22.9 Å². The lowest BCUT2D eigenvalue weighted by Crippen LogP contribution is -2.02. The van der Waals surface area contributed by atoms with E-state index in [0.717, 1.165) is 17.0 Å². The van der Waals surface area contributed by atoms with Crippen LogP contribution in [0.15, 0.2) is 41.3 Å². The monoisotopic (exact) mass is 391 g/mol. The van der Waals surface area contributed by atoms with Crippen molar-refractivity contribution in [3.05, 3.63) is 52.7 Å². The molecule has 0 atom stereocenters. The summed E-state index contributed by atoms with van der Waals surface area (Å²) in [6, 6.07) is 9.74. The van der Waals surface area contributed by atoms with Crippen LogP contribution in [0, 0.1) is 13.8 Å². The van der Waals surface area contributed by atoms with Crippen LogP contribution in [0.2, 0.25) is 0 Å². The molecule has 0 saturated heterocycles. The molecule has 7 nitrogen and oxygen atoms in total. The number of thiazole rings is 1. The summed E-state index contributed by atoms with van der Waals surface area (Å²) in [6.45, 7) is 3.56. The van der Waals surface area contributed by atoms with Gasteiger partial charge in [-0.2, -0.15) is 8.42 Å². The number of anilines is 2. The van der Waals surface area contributed by atoms with Gasteiger partial charge in [-0.15, -0.1) is 0 Å². The van der Waals surface area contributed by atoms with Gasteiger partial charge in [-0.1, -0.05) is 23.5 Å². The summed E-state index contributed by atoms with van der Waals surface area (Å²) in [5.74, 6) is 0.